The Kier molecular flexibility index (Phi) is 4.90. The van der Waals surface area contributed by atoms with Gasteiger partial charge in [-0.15, -0.1) is 5.10 Å². The van der Waals surface area contributed by atoms with Gasteiger partial charge < -0.3 is 4.90 Å². The second-order valence-corrected chi connectivity index (χ2v) is 6.01. The molecular weight excluding hydrogens is 328 g/mol. The maximum atomic E-state index is 12.9. The third-order valence-corrected chi connectivity index (χ3v) is 4.54. The van der Waals surface area contributed by atoms with Gasteiger partial charge in [-0.2, -0.15) is 19.1 Å². The van der Waals surface area contributed by atoms with E-state index in [4.69, 9.17) is 0 Å². The molecule has 0 amide bonds. The van der Waals surface area contributed by atoms with Crippen molar-refractivity contribution in [2.24, 2.45) is 0 Å². The SMILES string of the molecule is Cc1nnc(N2CCN(Cc3nccn3C(F)F)CC2)c(C#N)c1C. The van der Waals surface area contributed by atoms with Gasteiger partial charge >= 0.3 is 6.55 Å². The van der Waals surface area contributed by atoms with Crippen LogP contribution in [0.1, 0.15) is 29.2 Å². The van der Waals surface area contributed by atoms with E-state index in [0.717, 1.165) is 15.8 Å². The van der Waals surface area contributed by atoms with E-state index in [1.54, 1.807) is 0 Å². The molecule has 0 saturated carbocycles. The fraction of sp³-hybridized carbons (Fsp3) is 0.500. The third-order valence-electron chi connectivity index (χ3n) is 4.54. The van der Waals surface area contributed by atoms with Crippen LogP contribution in [0.5, 0.6) is 0 Å². The predicted molar refractivity (Wildman–Crippen MR) is 87.2 cm³/mol. The first-order valence-electron chi connectivity index (χ1n) is 8.02. The molecule has 1 fully saturated rings. The molecule has 1 saturated heterocycles. The van der Waals surface area contributed by atoms with Crippen LogP contribution in [0.4, 0.5) is 14.6 Å². The Balaban J connectivity index is 1.68. The molecule has 0 radical (unpaired) electrons. The molecule has 3 rings (SSSR count). The van der Waals surface area contributed by atoms with E-state index in [-0.39, 0.29) is 0 Å². The van der Waals surface area contributed by atoms with Crippen molar-refractivity contribution < 1.29 is 8.78 Å². The summed E-state index contributed by atoms with van der Waals surface area (Å²) in [6.07, 6.45) is 2.68. The zero-order valence-electron chi connectivity index (χ0n) is 14.2. The van der Waals surface area contributed by atoms with E-state index < -0.39 is 6.55 Å². The van der Waals surface area contributed by atoms with E-state index in [1.165, 1.54) is 12.4 Å². The topological polar surface area (TPSA) is 73.9 Å². The number of alkyl halides is 2. The molecule has 0 unspecified atom stereocenters. The summed E-state index contributed by atoms with van der Waals surface area (Å²) in [4.78, 5) is 8.11. The normalized spacial score (nSPS) is 15.6. The summed E-state index contributed by atoms with van der Waals surface area (Å²) in [6.45, 7) is 4.15. The van der Waals surface area contributed by atoms with Crippen molar-refractivity contribution in [3.63, 3.8) is 0 Å². The first kappa shape index (κ1) is 17.2. The van der Waals surface area contributed by atoms with Gasteiger partial charge in [0.1, 0.15) is 17.5 Å². The van der Waals surface area contributed by atoms with Gasteiger partial charge in [0.2, 0.25) is 0 Å². The van der Waals surface area contributed by atoms with Crippen LogP contribution in [-0.4, -0.2) is 50.8 Å². The maximum absolute atomic E-state index is 12.9. The highest BCUT2D eigenvalue weighted by atomic mass is 19.3. The average Bonchev–Trinajstić information content (AvgIpc) is 3.06. The lowest BCUT2D eigenvalue weighted by atomic mass is 10.1. The fourth-order valence-corrected chi connectivity index (χ4v) is 2.91. The molecule has 0 aliphatic carbocycles. The Labute approximate surface area is 144 Å². The van der Waals surface area contributed by atoms with Crippen molar-refractivity contribution in [2.45, 2.75) is 26.9 Å². The molecule has 0 aromatic carbocycles. The summed E-state index contributed by atoms with van der Waals surface area (Å²) >= 11 is 0. The van der Waals surface area contributed by atoms with Crippen LogP contribution in [0.25, 0.3) is 0 Å². The highest BCUT2D eigenvalue weighted by Crippen LogP contribution is 2.23. The van der Waals surface area contributed by atoms with Crippen LogP contribution < -0.4 is 4.90 Å². The van der Waals surface area contributed by atoms with Crippen molar-refractivity contribution in [1.82, 2.24) is 24.6 Å². The number of hydrogen-bond acceptors (Lipinski definition) is 6. The largest absolute Gasteiger partial charge is 0.351 e. The summed E-state index contributed by atoms with van der Waals surface area (Å²) in [5, 5.41) is 17.7. The minimum atomic E-state index is -2.58. The molecule has 2 aromatic rings. The Morgan fingerprint density at radius 3 is 2.56 bits per heavy atom. The standard InChI is InChI=1S/C16H19F2N7/c1-11-12(2)21-22-15(13(11)9-19)24-7-5-23(6-8-24)10-14-20-3-4-25(14)16(17)18/h3-4,16H,5-8,10H2,1-2H3. The van der Waals surface area contributed by atoms with Crippen LogP contribution >= 0.6 is 0 Å². The highest BCUT2D eigenvalue weighted by molar-refractivity contribution is 5.57. The van der Waals surface area contributed by atoms with Crippen LogP contribution in [0.2, 0.25) is 0 Å². The summed E-state index contributed by atoms with van der Waals surface area (Å²) in [5.41, 5.74) is 2.14. The Morgan fingerprint density at radius 2 is 1.92 bits per heavy atom. The molecule has 0 N–H and O–H groups in total. The molecule has 7 nitrogen and oxygen atoms in total. The van der Waals surface area contributed by atoms with Crippen molar-refractivity contribution >= 4 is 5.82 Å². The van der Waals surface area contributed by atoms with E-state index in [0.29, 0.717) is 49.9 Å². The number of nitrogens with zero attached hydrogens (tertiary/aromatic N) is 7. The van der Waals surface area contributed by atoms with Crippen molar-refractivity contribution in [1.29, 1.82) is 5.26 Å². The van der Waals surface area contributed by atoms with Gasteiger partial charge in [-0.25, -0.2) is 4.98 Å². The number of halogens is 2. The Hall–Kier alpha value is -2.60. The summed E-state index contributed by atoms with van der Waals surface area (Å²) in [5.74, 6) is 0.950. The van der Waals surface area contributed by atoms with Gasteiger partial charge in [-0.3, -0.25) is 9.47 Å². The molecule has 1 aliphatic rings. The monoisotopic (exact) mass is 347 g/mol. The molecule has 2 aromatic heterocycles. The molecule has 132 valence electrons. The second kappa shape index (κ2) is 7.11. The lowest BCUT2D eigenvalue weighted by Gasteiger charge is -2.35. The zero-order chi connectivity index (χ0) is 18.0. The Bertz CT molecular complexity index is 788. The molecule has 25 heavy (non-hydrogen) atoms. The maximum Gasteiger partial charge on any atom is 0.319 e. The molecule has 1 aliphatic heterocycles. The molecule has 9 heteroatoms. The number of nitriles is 1. The first-order valence-corrected chi connectivity index (χ1v) is 8.02. The molecule has 0 atom stereocenters. The lowest BCUT2D eigenvalue weighted by Crippen LogP contribution is -2.47. The fourth-order valence-electron chi connectivity index (χ4n) is 2.91. The van der Waals surface area contributed by atoms with Gasteiger partial charge in [0.15, 0.2) is 5.82 Å². The average molecular weight is 347 g/mol. The van der Waals surface area contributed by atoms with Crippen molar-refractivity contribution in [3.8, 4) is 6.07 Å². The van der Waals surface area contributed by atoms with Crippen LogP contribution in [0.3, 0.4) is 0 Å². The van der Waals surface area contributed by atoms with Gasteiger partial charge in [-0.05, 0) is 19.4 Å². The number of rotatable bonds is 4. The quantitative estimate of drug-likeness (QED) is 0.841. The summed E-state index contributed by atoms with van der Waals surface area (Å²) in [6, 6.07) is 2.22. The van der Waals surface area contributed by atoms with E-state index in [2.05, 4.69) is 26.2 Å². The number of piperazine rings is 1. The van der Waals surface area contributed by atoms with Gasteiger partial charge in [0.25, 0.3) is 0 Å². The second-order valence-electron chi connectivity index (χ2n) is 6.01. The smallest absolute Gasteiger partial charge is 0.319 e. The number of anilines is 1. The van der Waals surface area contributed by atoms with Crippen LogP contribution in [0, 0.1) is 25.2 Å². The minimum absolute atomic E-state index is 0.354. The van der Waals surface area contributed by atoms with E-state index >= 15 is 0 Å². The third kappa shape index (κ3) is 3.44. The molecular formula is C16H19F2N7. The molecule has 0 spiro atoms. The van der Waals surface area contributed by atoms with Crippen molar-refractivity contribution in [3.05, 3.63) is 35.0 Å². The van der Waals surface area contributed by atoms with Gasteiger partial charge in [0, 0.05) is 38.6 Å². The molecule has 0 bridgehead atoms. The molecule has 3 heterocycles. The summed E-state index contributed by atoms with van der Waals surface area (Å²) in [7, 11) is 0. The Morgan fingerprint density at radius 1 is 1.20 bits per heavy atom. The zero-order valence-corrected chi connectivity index (χ0v) is 14.2. The van der Waals surface area contributed by atoms with Gasteiger partial charge in [0.05, 0.1) is 12.2 Å². The van der Waals surface area contributed by atoms with Crippen LogP contribution in [0.15, 0.2) is 12.4 Å². The van der Waals surface area contributed by atoms with Crippen LogP contribution in [-0.2, 0) is 6.54 Å². The van der Waals surface area contributed by atoms with Crippen molar-refractivity contribution in [2.75, 3.05) is 31.1 Å². The van der Waals surface area contributed by atoms with E-state index in [1.807, 2.05) is 18.7 Å². The number of aromatic nitrogens is 4. The number of aryl methyl sites for hydroxylation is 1. The van der Waals surface area contributed by atoms with E-state index in [9.17, 15) is 14.0 Å². The van der Waals surface area contributed by atoms with Gasteiger partial charge in [-0.1, -0.05) is 0 Å². The predicted octanol–water partition coefficient (Wildman–Crippen LogP) is 1.88. The first-order chi connectivity index (χ1) is 12.0. The highest BCUT2D eigenvalue weighted by Gasteiger charge is 2.24. The lowest BCUT2D eigenvalue weighted by molar-refractivity contribution is 0.0636. The summed E-state index contributed by atoms with van der Waals surface area (Å²) < 4.78 is 26.7. The number of hydrogen-bond donors (Lipinski definition) is 0. The number of imidazole rings is 1. The minimum Gasteiger partial charge on any atom is -0.351 e.